The fraction of sp³-hybridized carbons (Fsp3) is 0.600. The van der Waals surface area contributed by atoms with Crippen LogP contribution in [0.2, 0.25) is 5.82 Å². The van der Waals surface area contributed by atoms with Gasteiger partial charge in [-0.1, -0.05) is 18.8 Å². The molecule has 0 aromatic heterocycles. The third-order valence-corrected chi connectivity index (χ3v) is 1.90. The summed E-state index contributed by atoms with van der Waals surface area (Å²) in [5.41, 5.74) is 0. The molecule has 0 amide bonds. The van der Waals surface area contributed by atoms with Crippen molar-refractivity contribution >= 4 is 19.9 Å². The molecule has 0 saturated heterocycles. The Morgan fingerprint density at radius 3 is 2.57 bits per heavy atom. The largest absolute Gasteiger partial charge is 0.172 e. The molecule has 0 aromatic carbocycles. The first kappa shape index (κ1) is 5.29. The molecule has 2 unspecified atom stereocenters. The third kappa shape index (κ3) is 1.03. The van der Waals surface area contributed by atoms with E-state index in [0.29, 0.717) is 11.1 Å². The highest BCUT2D eigenvalue weighted by Crippen LogP contribution is 2.20. The molecule has 0 fully saturated rings. The molecule has 2 heteroatoms. The number of hydrogen-bond acceptors (Lipinski definition) is 1. The second-order valence-electron chi connectivity index (χ2n) is 1.93. The summed E-state index contributed by atoms with van der Waals surface area (Å²) in [6.07, 6.45) is 2.10. The summed E-state index contributed by atoms with van der Waals surface area (Å²) in [6, 6.07) is 0. The quantitative estimate of drug-likeness (QED) is 0.353. The van der Waals surface area contributed by atoms with Crippen molar-refractivity contribution < 1.29 is 0 Å². The molecule has 0 N–H and O–H groups in total. The van der Waals surface area contributed by atoms with Crippen LogP contribution >= 0.6 is 12.6 Å². The molecular weight excluding hydrogens is 103 g/mol. The highest BCUT2D eigenvalue weighted by atomic mass is 32.1. The topological polar surface area (TPSA) is 0 Å². The van der Waals surface area contributed by atoms with Crippen LogP contribution in [0.3, 0.4) is 0 Å². The van der Waals surface area contributed by atoms with Crippen molar-refractivity contribution in [2.24, 2.45) is 0 Å². The maximum Gasteiger partial charge on any atom is 0.145 e. The van der Waals surface area contributed by atoms with Gasteiger partial charge in [0.15, 0.2) is 0 Å². The van der Waals surface area contributed by atoms with Crippen molar-refractivity contribution in [3.05, 3.63) is 12.1 Å². The Morgan fingerprint density at radius 2 is 2.43 bits per heavy atom. The van der Waals surface area contributed by atoms with Crippen molar-refractivity contribution in [2.75, 3.05) is 0 Å². The molecule has 1 rings (SSSR count). The predicted molar refractivity (Wildman–Crippen MR) is 37.1 cm³/mol. The van der Waals surface area contributed by atoms with Gasteiger partial charge in [-0.2, -0.15) is 12.6 Å². The van der Waals surface area contributed by atoms with Crippen LogP contribution in [0.5, 0.6) is 0 Å². The van der Waals surface area contributed by atoms with E-state index in [4.69, 9.17) is 0 Å². The first-order valence-corrected chi connectivity index (χ1v) is 3.02. The number of thiol groups is 1. The van der Waals surface area contributed by atoms with E-state index in [-0.39, 0.29) is 0 Å². The molecule has 2 atom stereocenters. The predicted octanol–water partition coefficient (Wildman–Crippen LogP) is 1.32. The Kier molecular flexibility index (Phi) is 1.48. The van der Waals surface area contributed by atoms with Gasteiger partial charge < -0.3 is 0 Å². The average Bonchev–Trinajstić information content (AvgIpc) is 1.91. The molecule has 0 saturated carbocycles. The zero-order valence-corrected chi connectivity index (χ0v) is 5.23. The molecule has 1 radical (unpaired) electrons. The Hall–Kier alpha value is 0.155. The first-order valence-electron chi connectivity index (χ1n) is 2.50. The van der Waals surface area contributed by atoms with Gasteiger partial charge in [0, 0.05) is 5.25 Å². The molecule has 0 nitrogen and oxygen atoms in total. The Bertz CT molecular complexity index is 90.1. The van der Waals surface area contributed by atoms with Gasteiger partial charge in [0.2, 0.25) is 0 Å². The highest BCUT2D eigenvalue weighted by molar-refractivity contribution is 7.81. The lowest BCUT2D eigenvalue weighted by Crippen LogP contribution is -1.99. The maximum atomic E-state index is 4.27. The van der Waals surface area contributed by atoms with Crippen molar-refractivity contribution in [2.45, 2.75) is 18.0 Å². The highest BCUT2D eigenvalue weighted by Gasteiger charge is 2.13. The van der Waals surface area contributed by atoms with E-state index < -0.39 is 0 Å². The Labute approximate surface area is 50.6 Å². The van der Waals surface area contributed by atoms with Gasteiger partial charge in [-0.25, -0.2) is 0 Å². The molecule has 7 heavy (non-hydrogen) atoms. The maximum absolute atomic E-state index is 4.27. The van der Waals surface area contributed by atoms with E-state index in [1.807, 2.05) is 0 Å². The smallest absolute Gasteiger partial charge is 0.145 e. The van der Waals surface area contributed by atoms with Crippen molar-refractivity contribution in [3.8, 4) is 0 Å². The average molecular weight is 111 g/mol. The molecule has 1 aliphatic heterocycles. The summed E-state index contributed by atoms with van der Waals surface area (Å²) < 4.78 is 0. The Balaban J connectivity index is 2.45. The lowest BCUT2D eigenvalue weighted by molar-refractivity contribution is 0.988. The van der Waals surface area contributed by atoms with Crippen molar-refractivity contribution in [1.29, 1.82) is 0 Å². The fourth-order valence-electron chi connectivity index (χ4n) is 0.642. The molecule has 0 bridgehead atoms. The minimum atomic E-state index is 0.472. The number of hydrogen-bond donors (Lipinski definition) is 1. The minimum absolute atomic E-state index is 0.472. The second kappa shape index (κ2) is 1.95. The van der Waals surface area contributed by atoms with Gasteiger partial charge in [-0.3, -0.25) is 0 Å². The second-order valence-corrected chi connectivity index (χ2v) is 2.52. The molecule has 37 valence electrons. The minimum Gasteiger partial charge on any atom is -0.172 e. The van der Waals surface area contributed by atoms with E-state index in [0.717, 1.165) is 0 Å². The van der Waals surface area contributed by atoms with Crippen molar-refractivity contribution in [1.82, 2.24) is 0 Å². The van der Waals surface area contributed by atoms with E-state index in [2.05, 4.69) is 38.9 Å². The summed E-state index contributed by atoms with van der Waals surface area (Å²) in [5, 5.41) is 0.472. The van der Waals surface area contributed by atoms with Crippen LogP contribution in [-0.2, 0) is 0 Å². The van der Waals surface area contributed by atoms with Crippen LogP contribution in [0.4, 0.5) is 0 Å². The lowest BCUT2D eigenvalue weighted by Gasteiger charge is -2.03. The molecule has 1 aliphatic rings. The fourth-order valence-corrected chi connectivity index (χ4v) is 0.841. The van der Waals surface area contributed by atoms with Crippen LogP contribution in [-0.4, -0.2) is 12.5 Å². The van der Waals surface area contributed by atoms with Crippen LogP contribution in [0.15, 0.2) is 12.1 Å². The molecule has 0 aliphatic carbocycles. The van der Waals surface area contributed by atoms with E-state index in [1.54, 1.807) is 0 Å². The van der Waals surface area contributed by atoms with Gasteiger partial charge in [0.25, 0.3) is 0 Å². The summed E-state index contributed by atoms with van der Waals surface area (Å²) in [4.78, 5) is 0. The SMILES string of the molecule is CC1[B]C=CC1S. The summed E-state index contributed by atoms with van der Waals surface area (Å²) >= 11 is 4.27. The number of rotatable bonds is 0. The van der Waals surface area contributed by atoms with Gasteiger partial charge in [-0.05, 0) is 0 Å². The molecule has 1 heterocycles. The third-order valence-electron chi connectivity index (χ3n) is 1.26. The van der Waals surface area contributed by atoms with Crippen LogP contribution in [0, 0.1) is 0 Å². The zero-order valence-electron chi connectivity index (χ0n) is 4.33. The monoisotopic (exact) mass is 111 g/mol. The van der Waals surface area contributed by atoms with Gasteiger partial charge in [0.1, 0.15) is 7.28 Å². The van der Waals surface area contributed by atoms with E-state index in [9.17, 15) is 0 Å². The molecule has 0 aromatic rings. The van der Waals surface area contributed by atoms with Crippen molar-refractivity contribution in [3.63, 3.8) is 0 Å². The standard InChI is InChI=1S/C5H8BS/c1-4-5(7)2-3-6-4/h2-5,7H,1H3. The Morgan fingerprint density at radius 1 is 1.71 bits per heavy atom. The van der Waals surface area contributed by atoms with Gasteiger partial charge in [-0.15, -0.1) is 5.98 Å². The summed E-state index contributed by atoms with van der Waals surface area (Å²) in [7, 11) is 2.16. The van der Waals surface area contributed by atoms with Crippen LogP contribution in [0.1, 0.15) is 6.92 Å². The zero-order chi connectivity index (χ0) is 5.28. The molecular formula is C5H8BS. The van der Waals surface area contributed by atoms with Gasteiger partial charge in [0.05, 0.1) is 0 Å². The molecule has 0 spiro atoms. The van der Waals surface area contributed by atoms with Gasteiger partial charge >= 0.3 is 0 Å². The summed E-state index contributed by atoms with van der Waals surface area (Å²) in [6.45, 7) is 2.16. The van der Waals surface area contributed by atoms with E-state index in [1.165, 1.54) is 0 Å². The van der Waals surface area contributed by atoms with Crippen LogP contribution in [0.25, 0.3) is 0 Å². The summed E-state index contributed by atoms with van der Waals surface area (Å²) in [5.74, 6) is 2.71. The normalized spacial score (nSPS) is 38.6. The van der Waals surface area contributed by atoms with E-state index >= 15 is 0 Å². The lowest BCUT2D eigenvalue weighted by atomic mass is 9.69. The van der Waals surface area contributed by atoms with Crippen LogP contribution < -0.4 is 0 Å². The first-order chi connectivity index (χ1) is 3.30.